The SMILES string of the molecule is CCSCCC(C)(CNCC(C)C)C(C)C. The van der Waals surface area contributed by atoms with Crippen LogP contribution in [0.5, 0.6) is 0 Å². The van der Waals surface area contributed by atoms with Gasteiger partial charge in [-0.25, -0.2) is 0 Å². The van der Waals surface area contributed by atoms with Gasteiger partial charge in [0, 0.05) is 6.54 Å². The van der Waals surface area contributed by atoms with E-state index < -0.39 is 0 Å². The van der Waals surface area contributed by atoms with Crippen molar-refractivity contribution >= 4 is 11.8 Å². The van der Waals surface area contributed by atoms with Gasteiger partial charge < -0.3 is 5.32 Å². The largest absolute Gasteiger partial charge is 0.316 e. The monoisotopic (exact) mass is 245 g/mol. The van der Waals surface area contributed by atoms with E-state index in [4.69, 9.17) is 0 Å². The lowest BCUT2D eigenvalue weighted by atomic mass is 9.76. The summed E-state index contributed by atoms with van der Waals surface area (Å²) in [5.41, 5.74) is 0.455. The first kappa shape index (κ1) is 16.3. The molecule has 0 rings (SSSR count). The van der Waals surface area contributed by atoms with Crippen LogP contribution in [-0.2, 0) is 0 Å². The van der Waals surface area contributed by atoms with Gasteiger partial charge in [0.2, 0.25) is 0 Å². The first-order chi connectivity index (χ1) is 7.42. The molecule has 0 aromatic rings. The van der Waals surface area contributed by atoms with E-state index in [-0.39, 0.29) is 0 Å². The molecule has 1 nitrogen and oxygen atoms in total. The molecule has 0 aromatic carbocycles. The Morgan fingerprint density at radius 1 is 1.19 bits per heavy atom. The molecule has 0 aromatic heterocycles. The Morgan fingerprint density at radius 2 is 1.81 bits per heavy atom. The van der Waals surface area contributed by atoms with Crippen molar-refractivity contribution in [1.82, 2.24) is 5.32 Å². The van der Waals surface area contributed by atoms with Gasteiger partial charge in [-0.15, -0.1) is 0 Å². The van der Waals surface area contributed by atoms with E-state index in [9.17, 15) is 0 Å². The smallest absolute Gasteiger partial charge is 0.000802 e. The fourth-order valence-electron chi connectivity index (χ4n) is 1.68. The van der Waals surface area contributed by atoms with E-state index in [2.05, 4.69) is 58.6 Å². The van der Waals surface area contributed by atoms with Crippen LogP contribution in [-0.4, -0.2) is 24.6 Å². The molecule has 2 heteroatoms. The van der Waals surface area contributed by atoms with Crippen LogP contribution in [0, 0.1) is 17.3 Å². The molecule has 16 heavy (non-hydrogen) atoms. The van der Waals surface area contributed by atoms with E-state index in [0.29, 0.717) is 5.41 Å². The summed E-state index contributed by atoms with van der Waals surface area (Å²) in [6.07, 6.45) is 1.33. The molecule has 0 aliphatic rings. The van der Waals surface area contributed by atoms with E-state index in [1.165, 1.54) is 17.9 Å². The third kappa shape index (κ3) is 6.80. The minimum atomic E-state index is 0.455. The summed E-state index contributed by atoms with van der Waals surface area (Å²) in [5.74, 6) is 4.05. The van der Waals surface area contributed by atoms with Crippen LogP contribution in [0.1, 0.15) is 48.0 Å². The highest BCUT2D eigenvalue weighted by Gasteiger charge is 2.27. The number of nitrogens with one attached hydrogen (secondary N) is 1. The summed E-state index contributed by atoms with van der Waals surface area (Å²) in [5, 5.41) is 3.62. The number of hydrogen-bond acceptors (Lipinski definition) is 2. The minimum Gasteiger partial charge on any atom is -0.316 e. The maximum absolute atomic E-state index is 3.62. The highest BCUT2D eigenvalue weighted by atomic mass is 32.2. The quantitative estimate of drug-likeness (QED) is 0.615. The third-order valence-electron chi connectivity index (χ3n) is 3.50. The van der Waals surface area contributed by atoms with Gasteiger partial charge in [-0.1, -0.05) is 41.5 Å². The van der Waals surface area contributed by atoms with E-state index in [1.807, 2.05) is 0 Å². The number of hydrogen-bond donors (Lipinski definition) is 1. The maximum Gasteiger partial charge on any atom is 0.000802 e. The number of thioether (sulfide) groups is 1. The van der Waals surface area contributed by atoms with Gasteiger partial charge in [0.15, 0.2) is 0 Å². The zero-order chi connectivity index (χ0) is 12.6. The molecular weight excluding hydrogens is 214 g/mol. The Kier molecular flexibility index (Phi) is 8.57. The molecule has 0 radical (unpaired) electrons. The second kappa shape index (κ2) is 8.41. The Balaban J connectivity index is 4.01. The van der Waals surface area contributed by atoms with Crippen molar-refractivity contribution in [2.75, 3.05) is 24.6 Å². The van der Waals surface area contributed by atoms with Gasteiger partial charge in [-0.2, -0.15) is 11.8 Å². The van der Waals surface area contributed by atoms with Crippen LogP contribution in [0.2, 0.25) is 0 Å². The lowest BCUT2D eigenvalue weighted by Crippen LogP contribution is -2.38. The summed E-state index contributed by atoms with van der Waals surface area (Å²) < 4.78 is 0. The molecule has 0 amide bonds. The summed E-state index contributed by atoms with van der Waals surface area (Å²) in [7, 11) is 0. The fourth-order valence-corrected chi connectivity index (χ4v) is 2.58. The van der Waals surface area contributed by atoms with E-state index in [0.717, 1.165) is 24.9 Å². The Labute approximate surface area is 107 Å². The molecule has 0 aliphatic heterocycles. The summed E-state index contributed by atoms with van der Waals surface area (Å²) in [6.45, 7) is 16.2. The molecule has 1 N–H and O–H groups in total. The fraction of sp³-hybridized carbons (Fsp3) is 1.00. The summed E-state index contributed by atoms with van der Waals surface area (Å²) in [4.78, 5) is 0. The molecular formula is C14H31NS. The van der Waals surface area contributed by atoms with Gasteiger partial charge in [0.25, 0.3) is 0 Å². The maximum atomic E-state index is 3.62. The first-order valence-electron chi connectivity index (χ1n) is 6.70. The highest BCUT2D eigenvalue weighted by molar-refractivity contribution is 7.99. The molecule has 0 saturated carbocycles. The van der Waals surface area contributed by atoms with Crippen molar-refractivity contribution < 1.29 is 0 Å². The number of rotatable bonds is 9. The first-order valence-corrected chi connectivity index (χ1v) is 7.86. The molecule has 98 valence electrons. The molecule has 1 unspecified atom stereocenters. The lowest BCUT2D eigenvalue weighted by Gasteiger charge is -2.34. The summed E-state index contributed by atoms with van der Waals surface area (Å²) >= 11 is 2.06. The zero-order valence-corrected chi connectivity index (χ0v) is 12.9. The molecule has 0 aliphatic carbocycles. The average molecular weight is 245 g/mol. The Hall–Kier alpha value is 0.310. The van der Waals surface area contributed by atoms with Gasteiger partial charge in [-0.3, -0.25) is 0 Å². The van der Waals surface area contributed by atoms with Crippen molar-refractivity contribution in [3.8, 4) is 0 Å². The molecule has 0 spiro atoms. The topological polar surface area (TPSA) is 12.0 Å². The molecule has 0 fully saturated rings. The van der Waals surface area contributed by atoms with Crippen LogP contribution in [0.15, 0.2) is 0 Å². The van der Waals surface area contributed by atoms with Crippen molar-refractivity contribution in [3.63, 3.8) is 0 Å². The normalized spacial score (nSPS) is 15.8. The highest BCUT2D eigenvalue weighted by Crippen LogP contribution is 2.31. The standard InChI is InChI=1S/C14H31NS/c1-7-16-9-8-14(6,13(4)5)11-15-10-12(2)3/h12-13,15H,7-11H2,1-6H3. The average Bonchev–Trinajstić information content (AvgIpc) is 2.17. The van der Waals surface area contributed by atoms with Gasteiger partial charge in [0.1, 0.15) is 0 Å². The van der Waals surface area contributed by atoms with Crippen molar-refractivity contribution in [3.05, 3.63) is 0 Å². The van der Waals surface area contributed by atoms with Crippen LogP contribution >= 0.6 is 11.8 Å². The molecule has 0 bridgehead atoms. The van der Waals surface area contributed by atoms with E-state index >= 15 is 0 Å². The van der Waals surface area contributed by atoms with E-state index in [1.54, 1.807) is 0 Å². The zero-order valence-electron chi connectivity index (χ0n) is 12.1. The molecule has 0 heterocycles. The van der Waals surface area contributed by atoms with Gasteiger partial charge in [-0.05, 0) is 41.7 Å². The van der Waals surface area contributed by atoms with Crippen LogP contribution < -0.4 is 5.32 Å². The van der Waals surface area contributed by atoms with Crippen molar-refractivity contribution in [1.29, 1.82) is 0 Å². The van der Waals surface area contributed by atoms with Gasteiger partial charge in [0.05, 0.1) is 0 Å². The Bertz CT molecular complexity index is 168. The molecule has 1 atom stereocenters. The summed E-state index contributed by atoms with van der Waals surface area (Å²) in [6, 6.07) is 0. The predicted molar refractivity (Wildman–Crippen MR) is 78.3 cm³/mol. The van der Waals surface area contributed by atoms with Crippen LogP contribution in [0.3, 0.4) is 0 Å². The predicted octanol–water partition coefficient (Wildman–Crippen LogP) is 4.04. The van der Waals surface area contributed by atoms with Crippen molar-refractivity contribution in [2.45, 2.75) is 48.0 Å². The van der Waals surface area contributed by atoms with Crippen molar-refractivity contribution in [2.24, 2.45) is 17.3 Å². The molecule has 0 saturated heterocycles. The van der Waals surface area contributed by atoms with Crippen LogP contribution in [0.4, 0.5) is 0 Å². The third-order valence-corrected chi connectivity index (χ3v) is 4.40. The lowest BCUT2D eigenvalue weighted by molar-refractivity contribution is 0.200. The Morgan fingerprint density at radius 3 is 2.25 bits per heavy atom. The van der Waals surface area contributed by atoms with Gasteiger partial charge >= 0.3 is 0 Å². The second-order valence-corrected chi connectivity index (χ2v) is 7.17. The second-order valence-electron chi connectivity index (χ2n) is 5.78. The minimum absolute atomic E-state index is 0.455. The van der Waals surface area contributed by atoms with Crippen LogP contribution in [0.25, 0.3) is 0 Å².